The molecule has 0 spiro atoms. The van der Waals surface area contributed by atoms with E-state index in [1.54, 1.807) is 12.3 Å². The second-order valence-electron chi connectivity index (χ2n) is 5.95. The standard InChI is InChI=1S/C16H15FN4O3/c17-11-5-10(21-12(15(18)22)7-24-16(21)23)4-8-2-1-3-9-6-19-20-14(9)13(8)11/h4-6,12H,1-3,7H2,(H2,18,22)(H,19,20)/t12-/m0/s1. The molecule has 8 heteroatoms. The van der Waals surface area contributed by atoms with Crippen LogP contribution in [0.2, 0.25) is 0 Å². The lowest BCUT2D eigenvalue weighted by Gasteiger charge is -2.21. The number of benzene rings is 1. The van der Waals surface area contributed by atoms with Crippen LogP contribution < -0.4 is 10.6 Å². The number of primary amides is 1. The van der Waals surface area contributed by atoms with Crippen LogP contribution in [0.5, 0.6) is 0 Å². The largest absolute Gasteiger partial charge is 0.446 e. The first-order valence-electron chi connectivity index (χ1n) is 7.66. The molecule has 2 heterocycles. The summed E-state index contributed by atoms with van der Waals surface area (Å²) in [7, 11) is 0. The number of aromatic amines is 1. The lowest BCUT2D eigenvalue weighted by molar-refractivity contribution is -0.119. The maximum absolute atomic E-state index is 14.8. The first kappa shape index (κ1) is 14.7. The summed E-state index contributed by atoms with van der Waals surface area (Å²) >= 11 is 0. The molecule has 4 rings (SSSR count). The van der Waals surface area contributed by atoms with E-state index in [-0.39, 0.29) is 12.3 Å². The Morgan fingerprint density at radius 3 is 2.96 bits per heavy atom. The highest BCUT2D eigenvalue weighted by atomic mass is 19.1. The van der Waals surface area contributed by atoms with E-state index in [0.717, 1.165) is 28.9 Å². The number of ether oxygens (including phenoxy) is 1. The van der Waals surface area contributed by atoms with Gasteiger partial charge in [-0.1, -0.05) is 0 Å². The third-order valence-corrected chi connectivity index (χ3v) is 4.50. The molecule has 0 unspecified atom stereocenters. The molecule has 0 saturated carbocycles. The average Bonchev–Trinajstić information content (AvgIpc) is 3.10. The van der Waals surface area contributed by atoms with Crippen LogP contribution >= 0.6 is 0 Å². The monoisotopic (exact) mass is 330 g/mol. The van der Waals surface area contributed by atoms with Gasteiger partial charge in [-0.15, -0.1) is 0 Å². The van der Waals surface area contributed by atoms with Gasteiger partial charge in [0.2, 0.25) is 5.91 Å². The molecule has 2 amide bonds. The highest BCUT2D eigenvalue weighted by Crippen LogP contribution is 2.36. The summed E-state index contributed by atoms with van der Waals surface area (Å²) in [6, 6.07) is 2.03. The van der Waals surface area contributed by atoms with E-state index in [9.17, 15) is 14.0 Å². The number of amides is 2. The summed E-state index contributed by atoms with van der Waals surface area (Å²) in [5.74, 6) is -1.16. The zero-order chi connectivity index (χ0) is 16.8. The minimum absolute atomic E-state index is 0.127. The molecular weight excluding hydrogens is 315 g/mol. The zero-order valence-electron chi connectivity index (χ0n) is 12.7. The second kappa shape index (κ2) is 5.33. The van der Waals surface area contributed by atoms with E-state index in [1.165, 1.54) is 6.07 Å². The molecule has 7 nitrogen and oxygen atoms in total. The Bertz CT molecular complexity index is 848. The number of rotatable bonds is 2. The third-order valence-electron chi connectivity index (χ3n) is 4.50. The number of carbonyl (C=O) groups is 2. The highest BCUT2D eigenvalue weighted by molar-refractivity contribution is 5.99. The Kier molecular flexibility index (Phi) is 3.26. The maximum Gasteiger partial charge on any atom is 0.415 e. The van der Waals surface area contributed by atoms with Gasteiger partial charge in [-0.2, -0.15) is 5.10 Å². The molecule has 2 aliphatic rings. The number of hydrogen-bond acceptors (Lipinski definition) is 4. The number of aryl methyl sites for hydroxylation is 2. The molecule has 24 heavy (non-hydrogen) atoms. The van der Waals surface area contributed by atoms with Gasteiger partial charge in [0.25, 0.3) is 0 Å². The number of hydrogen-bond donors (Lipinski definition) is 2. The van der Waals surface area contributed by atoms with Gasteiger partial charge < -0.3 is 10.5 Å². The van der Waals surface area contributed by atoms with Crippen LogP contribution in [0.4, 0.5) is 14.9 Å². The van der Waals surface area contributed by atoms with Gasteiger partial charge in [0.05, 0.1) is 17.6 Å². The maximum atomic E-state index is 14.8. The van der Waals surface area contributed by atoms with Gasteiger partial charge in [0, 0.05) is 5.56 Å². The molecule has 1 aromatic heterocycles. The lowest BCUT2D eigenvalue weighted by Crippen LogP contribution is -2.43. The van der Waals surface area contributed by atoms with E-state index >= 15 is 0 Å². The van der Waals surface area contributed by atoms with Crippen molar-refractivity contribution in [1.82, 2.24) is 10.2 Å². The van der Waals surface area contributed by atoms with Crippen LogP contribution in [0, 0.1) is 5.82 Å². The number of nitrogens with zero attached hydrogens (tertiary/aromatic N) is 2. The first-order chi connectivity index (χ1) is 11.6. The van der Waals surface area contributed by atoms with Gasteiger partial charge in [-0.3, -0.25) is 14.8 Å². The minimum atomic E-state index is -0.927. The highest BCUT2D eigenvalue weighted by Gasteiger charge is 2.38. The van der Waals surface area contributed by atoms with E-state index in [0.29, 0.717) is 17.7 Å². The van der Waals surface area contributed by atoms with Crippen molar-refractivity contribution in [3.05, 3.63) is 35.3 Å². The average molecular weight is 330 g/mol. The van der Waals surface area contributed by atoms with Gasteiger partial charge >= 0.3 is 6.09 Å². The van der Waals surface area contributed by atoms with Crippen LogP contribution in [0.1, 0.15) is 17.5 Å². The molecule has 1 saturated heterocycles. The van der Waals surface area contributed by atoms with Crippen molar-refractivity contribution in [3.8, 4) is 11.3 Å². The van der Waals surface area contributed by atoms with Crippen molar-refractivity contribution in [2.75, 3.05) is 11.5 Å². The van der Waals surface area contributed by atoms with Crippen molar-refractivity contribution in [2.24, 2.45) is 5.73 Å². The number of nitrogens with two attached hydrogens (primary N) is 1. The SMILES string of the molecule is NC(=O)[C@@H]1COC(=O)N1c1cc(F)c2c(c1)CCCc1cn[nH]c1-2. The predicted molar refractivity (Wildman–Crippen MR) is 82.8 cm³/mol. The number of H-pyrrole nitrogens is 1. The Morgan fingerprint density at radius 1 is 1.38 bits per heavy atom. The normalized spacial score (nSPS) is 19.5. The van der Waals surface area contributed by atoms with Gasteiger partial charge in [-0.25, -0.2) is 9.18 Å². The molecule has 1 aliphatic carbocycles. The lowest BCUT2D eigenvalue weighted by atomic mass is 10.00. The van der Waals surface area contributed by atoms with E-state index in [4.69, 9.17) is 10.5 Å². The molecule has 3 N–H and O–H groups in total. The van der Waals surface area contributed by atoms with E-state index in [1.807, 2.05) is 0 Å². The summed E-state index contributed by atoms with van der Waals surface area (Å²) in [4.78, 5) is 24.6. The molecular formula is C16H15FN4O3. The van der Waals surface area contributed by atoms with Crippen LogP contribution in [-0.4, -0.2) is 34.8 Å². The first-order valence-corrected chi connectivity index (χ1v) is 7.66. The fourth-order valence-corrected chi connectivity index (χ4v) is 3.37. The van der Waals surface area contributed by atoms with Crippen molar-refractivity contribution in [2.45, 2.75) is 25.3 Å². The second-order valence-corrected chi connectivity index (χ2v) is 5.95. The van der Waals surface area contributed by atoms with E-state index < -0.39 is 23.9 Å². The smallest absolute Gasteiger partial charge is 0.415 e. The fourth-order valence-electron chi connectivity index (χ4n) is 3.37. The Labute approximate surface area is 136 Å². The quantitative estimate of drug-likeness (QED) is 0.871. The molecule has 1 fully saturated rings. The summed E-state index contributed by atoms with van der Waals surface area (Å²) in [5, 5.41) is 6.85. The number of anilines is 1. The van der Waals surface area contributed by atoms with Crippen molar-refractivity contribution >= 4 is 17.7 Å². The van der Waals surface area contributed by atoms with Crippen molar-refractivity contribution in [1.29, 1.82) is 0 Å². The van der Waals surface area contributed by atoms with Gasteiger partial charge in [0.15, 0.2) is 6.04 Å². The fraction of sp³-hybridized carbons (Fsp3) is 0.312. The molecule has 1 aliphatic heterocycles. The number of carbonyl (C=O) groups excluding carboxylic acids is 2. The van der Waals surface area contributed by atoms with Crippen LogP contribution in [-0.2, 0) is 22.4 Å². The number of fused-ring (bicyclic) bond motifs is 3. The topological polar surface area (TPSA) is 101 Å². The molecule has 0 bridgehead atoms. The molecule has 0 radical (unpaired) electrons. The predicted octanol–water partition coefficient (Wildman–Crippen LogP) is 1.51. The Hall–Kier alpha value is -2.90. The number of cyclic esters (lactones) is 1. The van der Waals surface area contributed by atoms with Crippen LogP contribution in [0.3, 0.4) is 0 Å². The summed E-state index contributed by atoms with van der Waals surface area (Å²) in [5.41, 5.74) is 8.46. The van der Waals surface area contributed by atoms with Crippen LogP contribution in [0.15, 0.2) is 18.3 Å². The van der Waals surface area contributed by atoms with Crippen molar-refractivity contribution < 1.29 is 18.7 Å². The minimum Gasteiger partial charge on any atom is -0.446 e. The number of nitrogens with one attached hydrogen (secondary N) is 1. The molecule has 2 aromatic rings. The summed E-state index contributed by atoms with van der Waals surface area (Å²) in [6.07, 6.45) is 3.30. The Morgan fingerprint density at radius 2 is 2.17 bits per heavy atom. The molecule has 1 aromatic carbocycles. The summed E-state index contributed by atoms with van der Waals surface area (Å²) < 4.78 is 19.7. The number of halogens is 1. The summed E-state index contributed by atoms with van der Waals surface area (Å²) in [6.45, 7) is -0.127. The third kappa shape index (κ3) is 2.14. The van der Waals surface area contributed by atoms with E-state index in [2.05, 4.69) is 10.2 Å². The van der Waals surface area contributed by atoms with Gasteiger partial charge in [-0.05, 0) is 42.5 Å². The molecule has 1 atom stereocenters. The Balaban J connectivity index is 1.84. The molecule has 124 valence electrons. The van der Waals surface area contributed by atoms with Crippen LogP contribution in [0.25, 0.3) is 11.3 Å². The number of aromatic nitrogens is 2. The van der Waals surface area contributed by atoms with Gasteiger partial charge in [0.1, 0.15) is 12.4 Å². The zero-order valence-corrected chi connectivity index (χ0v) is 12.7. The van der Waals surface area contributed by atoms with Crippen molar-refractivity contribution in [3.63, 3.8) is 0 Å².